The van der Waals surface area contributed by atoms with Gasteiger partial charge in [0.15, 0.2) is 0 Å². The van der Waals surface area contributed by atoms with E-state index in [0.29, 0.717) is 0 Å². The summed E-state index contributed by atoms with van der Waals surface area (Å²) in [5.41, 5.74) is 16.7. The van der Waals surface area contributed by atoms with Crippen LogP contribution in [0.1, 0.15) is 0 Å². The monoisotopic (exact) mass is 623 g/mol. The van der Waals surface area contributed by atoms with Crippen molar-refractivity contribution in [2.75, 3.05) is 0 Å². The third-order valence-electron chi connectivity index (χ3n) is 9.61. The number of hydrogen-bond donors (Lipinski definition) is 1. The average molecular weight is 624 g/mol. The van der Waals surface area contributed by atoms with Crippen LogP contribution in [0, 0.1) is 0 Å². The summed E-state index contributed by atoms with van der Waals surface area (Å²) in [6.07, 6.45) is 0. The Hall–Kier alpha value is -6.44. The first-order valence-electron chi connectivity index (χ1n) is 16.9. The molecule has 0 radical (unpaired) electrons. The molecule has 0 aliphatic heterocycles. The molecule has 0 amide bonds. The number of nitrogens with one attached hydrogen (secondary N) is 1. The van der Waals surface area contributed by atoms with Gasteiger partial charge >= 0.3 is 0 Å². The third-order valence-corrected chi connectivity index (χ3v) is 9.61. The molecule has 8 aromatic carbocycles. The zero-order valence-electron chi connectivity index (χ0n) is 27.0. The summed E-state index contributed by atoms with van der Waals surface area (Å²) in [6.45, 7) is 0. The minimum atomic E-state index is 1.12. The standard InChI is InChI=1S/C48H33N/c1-7-19-33(20-8-1)39-31-32-40-46(41(39)34-21-9-2-10-22-34)47-44(37-27-15-5-16-28-37)42(35-23-11-3-12-24-35)43(36-25-13-4-14-26-36)45(48(47)49-40)38-29-17-6-18-30-38/h1-32,49H. The van der Waals surface area contributed by atoms with E-state index in [-0.39, 0.29) is 0 Å². The van der Waals surface area contributed by atoms with E-state index in [1.54, 1.807) is 0 Å². The van der Waals surface area contributed by atoms with Gasteiger partial charge in [-0.25, -0.2) is 0 Å². The maximum absolute atomic E-state index is 4.03. The molecule has 0 atom stereocenters. The molecule has 0 spiro atoms. The molecule has 0 saturated heterocycles. The van der Waals surface area contributed by atoms with Gasteiger partial charge in [-0.1, -0.05) is 188 Å². The first kappa shape index (κ1) is 28.8. The van der Waals surface area contributed by atoms with Gasteiger partial charge in [-0.2, -0.15) is 0 Å². The Kier molecular flexibility index (Phi) is 7.22. The molecular formula is C48H33N. The molecule has 1 heteroatoms. The molecule has 230 valence electrons. The van der Waals surface area contributed by atoms with Gasteiger partial charge < -0.3 is 4.98 Å². The van der Waals surface area contributed by atoms with Gasteiger partial charge in [0.2, 0.25) is 0 Å². The average Bonchev–Trinajstić information content (AvgIpc) is 3.58. The number of rotatable bonds is 6. The normalized spacial score (nSPS) is 11.3. The zero-order valence-corrected chi connectivity index (χ0v) is 27.0. The van der Waals surface area contributed by atoms with E-state index in [1.165, 1.54) is 77.5 Å². The van der Waals surface area contributed by atoms with Gasteiger partial charge in [0.25, 0.3) is 0 Å². The van der Waals surface area contributed by atoms with Crippen LogP contribution in [-0.2, 0) is 0 Å². The molecule has 0 aliphatic carbocycles. The molecule has 1 N–H and O–H groups in total. The molecule has 1 aromatic heterocycles. The summed E-state index contributed by atoms with van der Waals surface area (Å²) in [6, 6.07) is 69.9. The first-order chi connectivity index (χ1) is 24.4. The summed E-state index contributed by atoms with van der Waals surface area (Å²) in [7, 11) is 0. The molecule has 0 aliphatic rings. The number of aromatic amines is 1. The predicted molar refractivity (Wildman–Crippen MR) is 208 cm³/mol. The molecule has 9 rings (SSSR count). The molecule has 0 bridgehead atoms. The van der Waals surface area contributed by atoms with E-state index < -0.39 is 0 Å². The maximum atomic E-state index is 4.03. The fourth-order valence-electron chi connectivity index (χ4n) is 7.56. The molecule has 1 nitrogen and oxygen atoms in total. The van der Waals surface area contributed by atoms with Crippen molar-refractivity contribution in [3.63, 3.8) is 0 Å². The number of hydrogen-bond acceptors (Lipinski definition) is 0. The SMILES string of the molecule is c1ccc(-c2ccc3[nH]c4c(-c5ccccc5)c(-c5ccccc5)c(-c5ccccc5)c(-c5ccccc5)c4c3c2-c2ccccc2)cc1. The Bertz CT molecular complexity index is 2530. The van der Waals surface area contributed by atoms with Gasteiger partial charge in [0.1, 0.15) is 0 Å². The van der Waals surface area contributed by atoms with Crippen LogP contribution in [0.5, 0.6) is 0 Å². The molecule has 0 unspecified atom stereocenters. The van der Waals surface area contributed by atoms with E-state index in [9.17, 15) is 0 Å². The lowest BCUT2D eigenvalue weighted by atomic mass is 9.79. The van der Waals surface area contributed by atoms with Crippen molar-refractivity contribution in [2.24, 2.45) is 0 Å². The summed E-state index contributed by atoms with van der Waals surface area (Å²) in [5, 5.41) is 2.46. The van der Waals surface area contributed by atoms with Crippen molar-refractivity contribution in [3.05, 3.63) is 194 Å². The lowest BCUT2D eigenvalue weighted by molar-refractivity contribution is 1.52. The quantitative estimate of drug-likeness (QED) is 0.190. The smallest absolute Gasteiger partial charge is 0.0557 e. The van der Waals surface area contributed by atoms with Gasteiger partial charge in [-0.3, -0.25) is 0 Å². The number of fused-ring (bicyclic) bond motifs is 3. The number of aromatic nitrogens is 1. The van der Waals surface area contributed by atoms with Crippen molar-refractivity contribution >= 4 is 21.8 Å². The second kappa shape index (κ2) is 12.3. The van der Waals surface area contributed by atoms with Gasteiger partial charge in [0.05, 0.1) is 5.52 Å². The Morgan fingerprint density at radius 3 is 1.04 bits per heavy atom. The summed E-state index contributed by atoms with van der Waals surface area (Å²) in [5.74, 6) is 0. The maximum Gasteiger partial charge on any atom is 0.0557 e. The van der Waals surface area contributed by atoms with Crippen LogP contribution in [0.25, 0.3) is 88.6 Å². The Balaban J connectivity index is 1.60. The van der Waals surface area contributed by atoms with Crippen LogP contribution in [-0.4, -0.2) is 4.98 Å². The Morgan fingerprint density at radius 1 is 0.245 bits per heavy atom. The predicted octanol–water partition coefficient (Wildman–Crippen LogP) is 13.3. The van der Waals surface area contributed by atoms with Crippen molar-refractivity contribution < 1.29 is 0 Å². The third kappa shape index (κ3) is 4.96. The largest absolute Gasteiger partial charge is 0.354 e. The molecule has 9 aromatic rings. The second-order valence-electron chi connectivity index (χ2n) is 12.5. The van der Waals surface area contributed by atoms with Crippen molar-refractivity contribution in [2.45, 2.75) is 0 Å². The van der Waals surface area contributed by atoms with Crippen molar-refractivity contribution in [1.82, 2.24) is 4.98 Å². The van der Waals surface area contributed by atoms with Crippen molar-refractivity contribution in [1.29, 1.82) is 0 Å². The highest BCUT2D eigenvalue weighted by molar-refractivity contribution is 6.29. The fraction of sp³-hybridized carbons (Fsp3) is 0. The van der Waals surface area contributed by atoms with Crippen LogP contribution in [0.15, 0.2) is 194 Å². The van der Waals surface area contributed by atoms with Gasteiger partial charge in [0, 0.05) is 33.0 Å². The molecular weight excluding hydrogens is 591 g/mol. The molecule has 0 saturated carbocycles. The lowest BCUT2D eigenvalue weighted by Gasteiger charge is -2.23. The Morgan fingerprint density at radius 2 is 0.592 bits per heavy atom. The highest BCUT2D eigenvalue weighted by atomic mass is 14.7. The van der Waals surface area contributed by atoms with Crippen LogP contribution < -0.4 is 0 Å². The topological polar surface area (TPSA) is 15.8 Å². The fourth-order valence-corrected chi connectivity index (χ4v) is 7.56. The van der Waals surface area contributed by atoms with E-state index in [4.69, 9.17) is 0 Å². The highest BCUT2D eigenvalue weighted by Gasteiger charge is 2.28. The first-order valence-corrected chi connectivity index (χ1v) is 16.9. The second-order valence-corrected chi connectivity index (χ2v) is 12.5. The van der Waals surface area contributed by atoms with Crippen LogP contribution >= 0.6 is 0 Å². The molecule has 1 heterocycles. The summed E-state index contributed by atoms with van der Waals surface area (Å²) in [4.78, 5) is 4.03. The summed E-state index contributed by atoms with van der Waals surface area (Å²) < 4.78 is 0. The summed E-state index contributed by atoms with van der Waals surface area (Å²) >= 11 is 0. The van der Waals surface area contributed by atoms with Gasteiger partial charge in [-0.05, 0) is 56.1 Å². The number of benzene rings is 8. The minimum Gasteiger partial charge on any atom is -0.354 e. The van der Waals surface area contributed by atoms with Crippen LogP contribution in [0.4, 0.5) is 0 Å². The highest BCUT2D eigenvalue weighted by Crippen LogP contribution is 2.54. The van der Waals surface area contributed by atoms with Crippen molar-refractivity contribution in [3.8, 4) is 66.8 Å². The number of H-pyrrole nitrogens is 1. The van der Waals surface area contributed by atoms with Crippen LogP contribution in [0.2, 0.25) is 0 Å². The lowest BCUT2D eigenvalue weighted by Crippen LogP contribution is -1.97. The van der Waals surface area contributed by atoms with Crippen LogP contribution in [0.3, 0.4) is 0 Å². The van der Waals surface area contributed by atoms with E-state index in [0.717, 1.165) is 11.0 Å². The van der Waals surface area contributed by atoms with E-state index in [1.807, 2.05) is 0 Å². The van der Waals surface area contributed by atoms with E-state index >= 15 is 0 Å². The van der Waals surface area contributed by atoms with Gasteiger partial charge in [-0.15, -0.1) is 0 Å². The molecule has 49 heavy (non-hydrogen) atoms. The zero-order chi connectivity index (χ0) is 32.6. The molecule has 0 fully saturated rings. The van der Waals surface area contributed by atoms with E-state index in [2.05, 4.69) is 199 Å². The minimum absolute atomic E-state index is 1.12. The Labute approximate surface area is 286 Å².